The van der Waals surface area contributed by atoms with Crippen LogP contribution in [0.2, 0.25) is 0 Å². The number of hydrogen-bond donors (Lipinski definition) is 1. The van der Waals surface area contributed by atoms with Crippen LogP contribution in [0.5, 0.6) is 0 Å². The van der Waals surface area contributed by atoms with Gasteiger partial charge in [-0.1, -0.05) is 23.4 Å². The fourth-order valence-electron chi connectivity index (χ4n) is 2.38. The van der Waals surface area contributed by atoms with E-state index in [0.717, 1.165) is 35.2 Å². The van der Waals surface area contributed by atoms with E-state index >= 15 is 0 Å². The van der Waals surface area contributed by atoms with Crippen molar-refractivity contribution in [2.75, 3.05) is 5.32 Å². The van der Waals surface area contributed by atoms with E-state index in [4.69, 9.17) is 0 Å². The van der Waals surface area contributed by atoms with Crippen molar-refractivity contribution >= 4 is 22.4 Å². The maximum atomic E-state index is 13.8. The standard InChI is InChI=1S/C18H11F2N5OS/c19-11-6-7-14(20)13(8-11)16-10-27-18(21-16)22-17(26)15-9-25(24-23-15)12-4-2-1-3-5-12/h1-10H,(H,21,22,26). The van der Waals surface area contributed by atoms with Crippen molar-refractivity contribution in [1.29, 1.82) is 0 Å². The molecule has 2 heterocycles. The SMILES string of the molecule is O=C(Nc1nc(-c2cc(F)ccc2F)cs1)c1cn(-c2ccccc2)nn1. The third-order valence-corrected chi connectivity index (χ3v) is 4.43. The molecule has 0 unspecified atom stereocenters. The Labute approximate surface area is 156 Å². The van der Waals surface area contributed by atoms with Crippen LogP contribution in [-0.2, 0) is 0 Å². The molecule has 0 radical (unpaired) electrons. The number of carbonyl (C=O) groups is 1. The van der Waals surface area contributed by atoms with Crippen LogP contribution in [0.15, 0.2) is 60.1 Å². The minimum atomic E-state index is -0.592. The van der Waals surface area contributed by atoms with Crippen molar-refractivity contribution in [3.63, 3.8) is 0 Å². The molecule has 2 aromatic carbocycles. The van der Waals surface area contributed by atoms with Gasteiger partial charge in [0.2, 0.25) is 0 Å². The maximum absolute atomic E-state index is 13.8. The Hall–Kier alpha value is -3.46. The predicted octanol–water partition coefficient (Wildman–Crippen LogP) is 3.92. The van der Waals surface area contributed by atoms with Crippen molar-refractivity contribution in [2.45, 2.75) is 0 Å². The zero-order valence-electron chi connectivity index (χ0n) is 13.6. The van der Waals surface area contributed by atoms with Crippen molar-refractivity contribution in [1.82, 2.24) is 20.0 Å². The molecule has 6 nitrogen and oxygen atoms in total. The molecule has 9 heteroatoms. The number of para-hydroxylation sites is 1. The van der Waals surface area contributed by atoms with Gasteiger partial charge in [0.1, 0.15) is 11.6 Å². The summed E-state index contributed by atoms with van der Waals surface area (Å²) in [4.78, 5) is 16.5. The van der Waals surface area contributed by atoms with Crippen LogP contribution in [0, 0.1) is 11.6 Å². The molecule has 4 aromatic rings. The Morgan fingerprint density at radius 2 is 1.93 bits per heavy atom. The van der Waals surface area contributed by atoms with Gasteiger partial charge in [-0.15, -0.1) is 16.4 Å². The highest BCUT2D eigenvalue weighted by atomic mass is 32.1. The molecule has 0 fully saturated rings. The Morgan fingerprint density at radius 3 is 2.74 bits per heavy atom. The van der Waals surface area contributed by atoms with Crippen molar-refractivity contribution in [2.24, 2.45) is 0 Å². The van der Waals surface area contributed by atoms with Crippen LogP contribution in [0.4, 0.5) is 13.9 Å². The van der Waals surface area contributed by atoms with Crippen LogP contribution >= 0.6 is 11.3 Å². The van der Waals surface area contributed by atoms with Gasteiger partial charge in [0, 0.05) is 10.9 Å². The van der Waals surface area contributed by atoms with Crippen molar-refractivity contribution in [3.8, 4) is 16.9 Å². The van der Waals surface area contributed by atoms with Gasteiger partial charge in [-0.2, -0.15) is 0 Å². The fourth-order valence-corrected chi connectivity index (χ4v) is 3.09. The molecule has 4 rings (SSSR count). The van der Waals surface area contributed by atoms with E-state index in [-0.39, 0.29) is 22.1 Å². The first-order valence-electron chi connectivity index (χ1n) is 7.80. The summed E-state index contributed by atoms with van der Waals surface area (Å²) in [5, 5.41) is 12.1. The molecule has 1 amide bonds. The number of thiazole rings is 1. The molecule has 134 valence electrons. The second kappa shape index (κ2) is 7.04. The molecule has 0 aliphatic rings. The average Bonchev–Trinajstić information content (AvgIpc) is 3.34. The number of amides is 1. The van der Waals surface area contributed by atoms with Gasteiger partial charge < -0.3 is 0 Å². The first kappa shape index (κ1) is 17.0. The minimum Gasteiger partial charge on any atom is -0.296 e. The van der Waals surface area contributed by atoms with Gasteiger partial charge >= 0.3 is 0 Å². The zero-order chi connectivity index (χ0) is 18.8. The van der Waals surface area contributed by atoms with Crippen LogP contribution in [0.25, 0.3) is 16.9 Å². The number of nitrogens with one attached hydrogen (secondary N) is 1. The topological polar surface area (TPSA) is 72.7 Å². The maximum Gasteiger partial charge on any atom is 0.279 e. The predicted molar refractivity (Wildman–Crippen MR) is 96.8 cm³/mol. The summed E-state index contributed by atoms with van der Waals surface area (Å²) in [5.74, 6) is -1.66. The second-order valence-electron chi connectivity index (χ2n) is 5.50. The number of hydrogen-bond acceptors (Lipinski definition) is 5. The Kier molecular flexibility index (Phi) is 4.43. The molecule has 0 aliphatic heterocycles. The largest absolute Gasteiger partial charge is 0.296 e. The molecule has 1 N–H and O–H groups in total. The number of halogens is 2. The lowest BCUT2D eigenvalue weighted by atomic mass is 10.1. The monoisotopic (exact) mass is 383 g/mol. The zero-order valence-corrected chi connectivity index (χ0v) is 14.5. The highest BCUT2D eigenvalue weighted by molar-refractivity contribution is 7.14. The van der Waals surface area contributed by atoms with Crippen molar-refractivity contribution in [3.05, 3.63) is 77.4 Å². The lowest BCUT2D eigenvalue weighted by Crippen LogP contribution is -2.12. The summed E-state index contributed by atoms with van der Waals surface area (Å²) in [5.41, 5.74) is 1.14. The van der Waals surface area contributed by atoms with E-state index in [9.17, 15) is 13.6 Å². The van der Waals surface area contributed by atoms with Crippen molar-refractivity contribution < 1.29 is 13.6 Å². The molecule has 0 aliphatic carbocycles. The Morgan fingerprint density at radius 1 is 1.11 bits per heavy atom. The molecular formula is C18H11F2N5OS. The summed E-state index contributed by atoms with van der Waals surface area (Å²) >= 11 is 1.10. The molecule has 0 atom stereocenters. The number of anilines is 1. The summed E-state index contributed by atoms with van der Waals surface area (Å²) < 4.78 is 28.7. The van der Waals surface area contributed by atoms with Gasteiger partial charge in [0.05, 0.1) is 17.6 Å². The quantitative estimate of drug-likeness (QED) is 0.580. The summed E-state index contributed by atoms with van der Waals surface area (Å²) in [6, 6.07) is 12.3. The minimum absolute atomic E-state index is 0.0294. The van der Waals surface area contributed by atoms with Crippen LogP contribution in [-0.4, -0.2) is 25.9 Å². The summed E-state index contributed by atoms with van der Waals surface area (Å²) in [7, 11) is 0. The number of benzene rings is 2. The third kappa shape index (κ3) is 3.58. The van der Waals surface area contributed by atoms with Gasteiger partial charge in [-0.05, 0) is 30.3 Å². The molecule has 0 spiro atoms. The van der Waals surface area contributed by atoms with E-state index in [1.54, 1.807) is 0 Å². The highest BCUT2D eigenvalue weighted by Gasteiger charge is 2.15. The fraction of sp³-hybridized carbons (Fsp3) is 0. The average molecular weight is 383 g/mol. The Balaban J connectivity index is 1.52. The molecule has 27 heavy (non-hydrogen) atoms. The second-order valence-corrected chi connectivity index (χ2v) is 6.36. The number of carbonyl (C=O) groups excluding carboxylic acids is 1. The summed E-state index contributed by atoms with van der Waals surface area (Å²) in [6.07, 6.45) is 1.49. The molecular weight excluding hydrogens is 372 g/mol. The number of rotatable bonds is 4. The van der Waals surface area contributed by atoms with Crippen LogP contribution in [0.3, 0.4) is 0 Å². The van der Waals surface area contributed by atoms with E-state index in [2.05, 4.69) is 20.6 Å². The number of aromatic nitrogens is 4. The molecule has 2 aromatic heterocycles. The highest BCUT2D eigenvalue weighted by Crippen LogP contribution is 2.27. The number of nitrogens with zero attached hydrogens (tertiary/aromatic N) is 4. The molecule has 0 saturated carbocycles. The lowest BCUT2D eigenvalue weighted by molar-refractivity contribution is 0.102. The molecule has 0 saturated heterocycles. The first-order chi connectivity index (χ1) is 13.1. The van der Waals surface area contributed by atoms with Gasteiger partial charge in [-0.3, -0.25) is 10.1 Å². The van der Waals surface area contributed by atoms with E-state index < -0.39 is 17.5 Å². The van der Waals surface area contributed by atoms with Crippen LogP contribution < -0.4 is 5.32 Å². The smallest absolute Gasteiger partial charge is 0.279 e. The van der Waals surface area contributed by atoms with E-state index in [1.165, 1.54) is 16.3 Å². The first-order valence-corrected chi connectivity index (χ1v) is 8.68. The van der Waals surface area contributed by atoms with E-state index in [0.29, 0.717) is 0 Å². The third-order valence-electron chi connectivity index (χ3n) is 3.68. The normalized spacial score (nSPS) is 10.7. The van der Waals surface area contributed by atoms with Crippen LogP contribution in [0.1, 0.15) is 10.5 Å². The van der Waals surface area contributed by atoms with Gasteiger partial charge in [0.25, 0.3) is 5.91 Å². The lowest BCUT2D eigenvalue weighted by Gasteiger charge is -2.00. The van der Waals surface area contributed by atoms with Gasteiger partial charge in [-0.25, -0.2) is 18.4 Å². The summed E-state index contributed by atoms with van der Waals surface area (Å²) in [6.45, 7) is 0. The Bertz CT molecular complexity index is 1110. The van der Waals surface area contributed by atoms with Gasteiger partial charge in [0.15, 0.2) is 10.8 Å². The molecule has 0 bridgehead atoms. The van der Waals surface area contributed by atoms with E-state index in [1.807, 2.05) is 30.3 Å².